The summed E-state index contributed by atoms with van der Waals surface area (Å²) >= 11 is 0. The van der Waals surface area contributed by atoms with Crippen LogP contribution in [-0.2, 0) is 13.0 Å². The molecule has 0 bridgehead atoms. The highest BCUT2D eigenvalue weighted by Gasteiger charge is 2.20. The summed E-state index contributed by atoms with van der Waals surface area (Å²) < 4.78 is 5.79. The van der Waals surface area contributed by atoms with Gasteiger partial charge in [0, 0.05) is 6.61 Å². The Bertz CT molecular complexity index is 603. The molecule has 0 saturated carbocycles. The molecule has 3 rings (SSSR count). The Hall–Kier alpha value is -1.72. The van der Waals surface area contributed by atoms with Crippen molar-refractivity contribution in [1.29, 1.82) is 0 Å². The highest BCUT2D eigenvalue weighted by atomic mass is 16.4. The molecule has 118 valence electrons. The number of likely N-dealkylation sites (tertiary alicyclic amines) is 1. The third-order valence-electron chi connectivity index (χ3n) is 4.44. The van der Waals surface area contributed by atoms with Gasteiger partial charge in [-0.2, -0.15) is 0 Å². The van der Waals surface area contributed by atoms with Gasteiger partial charge in [0.2, 0.25) is 11.8 Å². The van der Waals surface area contributed by atoms with E-state index in [2.05, 4.69) is 34.2 Å². The van der Waals surface area contributed by atoms with Crippen molar-refractivity contribution < 1.29 is 9.52 Å². The van der Waals surface area contributed by atoms with Gasteiger partial charge in [0.05, 0.1) is 13.0 Å². The number of aromatic nitrogens is 2. The van der Waals surface area contributed by atoms with Gasteiger partial charge in [-0.1, -0.05) is 24.3 Å². The van der Waals surface area contributed by atoms with Gasteiger partial charge in [-0.25, -0.2) is 0 Å². The zero-order chi connectivity index (χ0) is 15.4. The number of hydrogen-bond donors (Lipinski definition) is 1. The molecule has 5 nitrogen and oxygen atoms in total. The summed E-state index contributed by atoms with van der Waals surface area (Å²) in [6.45, 7) is 5.08. The summed E-state index contributed by atoms with van der Waals surface area (Å²) in [6, 6.07) is 8.26. The highest BCUT2D eigenvalue weighted by molar-refractivity contribution is 5.27. The quantitative estimate of drug-likeness (QED) is 0.917. The lowest BCUT2D eigenvalue weighted by Gasteiger charge is -2.29. The Morgan fingerprint density at radius 2 is 1.91 bits per heavy atom. The molecule has 5 heteroatoms. The summed E-state index contributed by atoms with van der Waals surface area (Å²) in [5, 5.41) is 17.5. The predicted molar refractivity (Wildman–Crippen MR) is 83.4 cm³/mol. The van der Waals surface area contributed by atoms with Crippen LogP contribution < -0.4 is 0 Å². The fourth-order valence-corrected chi connectivity index (χ4v) is 2.91. The molecule has 1 aromatic carbocycles. The van der Waals surface area contributed by atoms with E-state index in [1.807, 2.05) is 12.1 Å². The second-order valence-corrected chi connectivity index (χ2v) is 6.09. The Labute approximate surface area is 131 Å². The maximum absolute atomic E-state index is 9.17. The number of benzene rings is 1. The van der Waals surface area contributed by atoms with Gasteiger partial charge in [0.1, 0.15) is 0 Å². The second-order valence-electron chi connectivity index (χ2n) is 6.09. The van der Waals surface area contributed by atoms with Crippen LogP contribution in [0.15, 0.2) is 28.7 Å². The molecule has 1 saturated heterocycles. The van der Waals surface area contributed by atoms with Gasteiger partial charge in [0.25, 0.3) is 0 Å². The minimum Gasteiger partial charge on any atom is -0.424 e. The third-order valence-corrected chi connectivity index (χ3v) is 4.44. The number of nitrogens with zero attached hydrogens (tertiary/aromatic N) is 3. The first-order chi connectivity index (χ1) is 10.7. The van der Waals surface area contributed by atoms with Gasteiger partial charge in [-0.15, -0.1) is 10.2 Å². The second kappa shape index (κ2) is 7.03. The van der Waals surface area contributed by atoms with Gasteiger partial charge in [0.15, 0.2) is 0 Å². The lowest BCUT2D eigenvalue weighted by Crippen LogP contribution is -2.34. The van der Waals surface area contributed by atoms with Crippen molar-refractivity contribution in [1.82, 2.24) is 15.1 Å². The van der Waals surface area contributed by atoms with E-state index in [9.17, 15) is 5.11 Å². The minimum absolute atomic E-state index is 0.301. The van der Waals surface area contributed by atoms with Gasteiger partial charge in [-0.05, 0) is 49.9 Å². The number of aliphatic hydroxyl groups excluding tert-OH is 1. The minimum atomic E-state index is 0.301. The Morgan fingerprint density at radius 3 is 2.64 bits per heavy atom. The van der Waals surface area contributed by atoms with E-state index in [4.69, 9.17) is 4.42 Å². The van der Waals surface area contributed by atoms with Crippen molar-refractivity contribution in [3.63, 3.8) is 0 Å². The Kier molecular flexibility index (Phi) is 4.85. The molecule has 0 aliphatic carbocycles. The van der Waals surface area contributed by atoms with Crippen LogP contribution in [0.4, 0.5) is 0 Å². The van der Waals surface area contributed by atoms with E-state index < -0.39 is 0 Å². The van der Waals surface area contributed by atoms with Crippen LogP contribution in [0.2, 0.25) is 0 Å². The number of hydrogen-bond acceptors (Lipinski definition) is 5. The third kappa shape index (κ3) is 3.72. The van der Waals surface area contributed by atoms with Gasteiger partial charge in [-0.3, -0.25) is 4.90 Å². The number of aryl methyl sites for hydroxylation is 1. The lowest BCUT2D eigenvalue weighted by atomic mass is 9.98. The van der Waals surface area contributed by atoms with E-state index in [0.29, 0.717) is 37.3 Å². The van der Waals surface area contributed by atoms with Crippen molar-refractivity contribution >= 4 is 0 Å². The Morgan fingerprint density at radius 1 is 1.18 bits per heavy atom. The van der Waals surface area contributed by atoms with E-state index in [1.165, 1.54) is 11.1 Å². The topological polar surface area (TPSA) is 62.4 Å². The molecular weight excluding hydrogens is 278 g/mol. The highest BCUT2D eigenvalue weighted by Crippen LogP contribution is 2.19. The van der Waals surface area contributed by atoms with Crippen molar-refractivity contribution in [3.05, 3.63) is 47.2 Å². The molecule has 0 atom stereocenters. The van der Waals surface area contributed by atoms with Crippen molar-refractivity contribution in [2.24, 2.45) is 5.92 Å². The smallest absolute Gasteiger partial charge is 0.230 e. The summed E-state index contributed by atoms with van der Waals surface area (Å²) in [7, 11) is 0. The zero-order valence-corrected chi connectivity index (χ0v) is 13.0. The molecule has 2 heterocycles. The maximum Gasteiger partial charge on any atom is 0.230 e. The van der Waals surface area contributed by atoms with Crippen LogP contribution in [0, 0.1) is 12.8 Å². The SMILES string of the molecule is Cc1ccccc1Cc1nnc(CN2CCC(CO)CC2)o1. The molecule has 0 radical (unpaired) electrons. The molecule has 0 unspecified atom stereocenters. The lowest BCUT2D eigenvalue weighted by molar-refractivity contribution is 0.120. The van der Waals surface area contributed by atoms with E-state index in [0.717, 1.165) is 25.9 Å². The molecule has 22 heavy (non-hydrogen) atoms. The first kappa shape index (κ1) is 15.2. The first-order valence-corrected chi connectivity index (χ1v) is 7.93. The molecular formula is C17H23N3O2. The molecule has 0 spiro atoms. The van der Waals surface area contributed by atoms with E-state index in [-0.39, 0.29) is 0 Å². The molecule has 2 aromatic rings. The van der Waals surface area contributed by atoms with Crippen LogP contribution in [0.1, 0.15) is 35.7 Å². The van der Waals surface area contributed by atoms with Crippen molar-refractivity contribution in [2.45, 2.75) is 32.7 Å². The Balaban J connectivity index is 1.57. The maximum atomic E-state index is 9.17. The summed E-state index contributed by atoms with van der Waals surface area (Å²) in [5.74, 6) is 1.82. The number of aliphatic hydroxyl groups is 1. The molecule has 1 fully saturated rings. The average Bonchev–Trinajstić information content (AvgIpc) is 2.97. The largest absolute Gasteiger partial charge is 0.424 e. The summed E-state index contributed by atoms with van der Waals surface area (Å²) in [4.78, 5) is 2.32. The van der Waals surface area contributed by atoms with Crippen molar-refractivity contribution in [2.75, 3.05) is 19.7 Å². The zero-order valence-electron chi connectivity index (χ0n) is 13.0. The normalized spacial score (nSPS) is 17.0. The molecule has 1 aromatic heterocycles. The summed E-state index contributed by atoms with van der Waals surface area (Å²) in [5.41, 5.74) is 2.47. The predicted octanol–water partition coefficient (Wildman–Crippen LogP) is 2.17. The van der Waals surface area contributed by atoms with Crippen LogP contribution >= 0.6 is 0 Å². The van der Waals surface area contributed by atoms with E-state index >= 15 is 0 Å². The van der Waals surface area contributed by atoms with E-state index in [1.54, 1.807) is 0 Å². The van der Waals surface area contributed by atoms with Gasteiger partial charge < -0.3 is 9.52 Å². The van der Waals surface area contributed by atoms with Crippen LogP contribution in [0.5, 0.6) is 0 Å². The summed E-state index contributed by atoms with van der Waals surface area (Å²) in [6.07, 6.45) is 2.77. The fourth-order valence-electron chi connectivity index (χ4n) is 2.91. The molecule has 0 amide bonds. The molecule has 1 N–H and O–H groups in total. The first-order valence-electron chi connectivity index (χ1n) is 7.93. The van der Waals surface area contributed by atoms with Crippen LogP contribution in [-0.4, -0.2) is 39.9 Å². The van der Waals surface area contributed by atoms with Crippen LogP contribution in [0.3, 0.4) is 0 Å². The molecule has 1 aliphatic heterocycles. The van der Waals surface area contributed by atoms with Crippen molar-refractivity contribution in [3.8, 4) is 0 Å². The monoisotopic (exact) mass is 301 g/mol. The fraction of sp³-hybridized carbons (Fsp3) is 0.529. The van der Waals surface area contributed by atoms with Gasteiger partial charge >= 0.3 is 0 Å². The van der Waals surface area contributed by atoms with Crippen LogP contribution in [0.25, 0.3) is 0 Å². The number of rotatable bonds is 5. The average molecular weight is 301 g/mol. The number of piperidine rings is 1. The molecule has 1 aliphatic rings. The standard InChI is InChI=1S/C17H23N3O2/c1-13-4-2-3-5-15(13)10-16-18-19-17(22-16)11-20-8-6-14(12-21)7-9-20/h2-5,14,21H,6-12H2,1H3.